The Morgan fingerprint density at radius 3 is 2.86 bits per heavy atom. The van der Waals surface area contributed by atoms with Crippen LogP contribution < -0.4 is 5.32 Å². The van der Waals surface area contributed by atoms with Gasteiger partial charge in [-0.15, -0.1) is 0 Å². The van der Waals surface area contributed by atoms with E-state index < -0.39 is 0 Å². The summed E-state index contributed by atoms with van der Waals surface area (Å²) in [5.74, 6) is 1.20. The van der Waals surface area contributed by atoms with Crippen LogP contribution in [0.15, 0.2) is 24.3 Å². The highest BCUT2D eigenvalue weighted by Crippen LogP contribution is 2.30. The van der Waals surface area contributed by atoms with Gasteiger partial charge in [0.05, 0.1) is 0 Å². The van der Waals surface area contributed by atoms with Gasteiger partial charge in [0.25, 0.3) is 0 Å². The Labute approximate surface area is 126 Å². The van der Waals surface area contributed by atoms with E-state index >= 15 is 0 Å². The maximum atomic E-state index is 12.5. The van der Waals surface area contributed by atoms with Crippen LogP contribution in [0.25, 0.3) is 0 Å². The number of carbonyl (C=O) groups excluding carboxylic acids is 1. The number of amides is 1. The number of nitrogens with zero attached hydrogens (tertiary/aromatic N) is 1. The fraction of sp³-hybridized carbons (Fsp3) is 0.588. The van der Waals surface area contributed by atoms with Crippen LogP contribution in [0.3, 0.4) is 0 Å². The van der Waals surface area contributed by atoms with Gasteiger partial charge in [-0.1, -0.05) is 12.1 Å². The monoisotopic (exact) mass is 288 g/mol. The fourth-order valence-electron chi connectivity index (χ4n) is 3.09. The van der Waals surface area contributed by atoms with E-state index in [2.05, 4.69) is 5.32 Å². The highest BCUT2D eigenvalue weighted by Gasteiger charge is 2.32. The molecule has 0 radical (unpaired) electrons. The maximum Gasteiger partial charge on any atom is 0.223 e. The van der Waals surface area contributed by atoms with Crippen LogP contribution >= 0.6 is 0 Å². The highest BCUT2D eigenvalue weighted by molar-refractivity contribution is 5.77. The Kier molecular flexibility index (Phi) is 4.44. The number of carbonyl (C=O) groups is 1. The summed E-state index contributed by atoms with van der Waals surface area (Å²) < 4.78 is 0. The number of aromatic hydroxyl groups is 1. The van der Waals surface area contributed by atoms with Gasteiger partial charge in [0.2, 0.25) is 5.91 Å². The molecule has 0 aromatic heterocycles. The first-order valence-corrected chi connectivity index (χ1v) is 8.00. The van der Waals surface area contributed by atoms with Crippen molar-refractivity contribution in [3.63, 3.8) is 0 Å². The van der Waals surface area contributed by atoms with Crippen molar-refractivity contribution < 1.29 is 9.90 Å². The molecule has 3 rings (SSSR count). The van der Waals surface area contributed by atoms with Crippen LogP contribution in [0, 0.1) is 5.92 Å². The summed E-state index contributed by atoms with van der Waals surface area (Å²) in [6, 6.07) is 7.65. The van der Waals surface area contributed by atoms with E-state index in [0.29, 0.717) is 24.9 Å². The van der Waals surface area contributed by atoms with Crippen LogP contribution in [0.5, 0.6) is 5.75 Å². The van der Waals surface area contributed by atoms with Crippen molar-refractivity contribution in [3.8, 4) is 5.75 Å². The molecule has 1 amide bonds. The summed E-state index contributed by atoms with van der Waals surface area (Å²) in [4.78, 5) is 14.5. The molecular weight excluding hydrogens is 264 g/mol. The van der Waals surface area contributed by atoms with Crippen LogP contribution in [0.4, 0.5) is 0 Å². The third-order valence-corrected chi connectivity index (χ3v) is 4.50. The van der Waals surface area contributed by atoms with Gasteiger partial charge in [-0.2, -0.15) is 0 Å². The van der Waals surface area contributed by atoms with Gasteiger partial charge in [0, 0.05) is 19.0 Å². The molecule has 1 atom stereocenters. The average molecular weight is 288 g/mol. The number of phenolic OH excluding ortho intramolecular Hbond substituents is 1. The Balaban J connectivity index is 1.57. The minimum Gasteiger partial charge on any atom is -0.508 e. The zero-order valence-corrected chi connectivity index (χ0v) is 12.4. The number of rotatable bonds is 6. The van der Waals surface area contributed by atoms with E-state index in [1.54, 1.807) is 12.1 Å². The minimum absolute atomic E-state index is 0.271. The minimum atomic E-state index is 0.271. The van der Waals surface area contributed by atoms with Gasteiger partial charge < -0.3 is 15.3 Å². The molecule has 1 heterocycles. The third-order valence-electron chi connectivity index (χ3n) is 4.50. The summed E-state index contributed by atoms with van der Waals surface area (Å²) in [5, 5.41) is 12.9. The zero-order valence-electron chi connectivity index (χ0n) is 12.4. The van der Waals surface area contributed by atoms with Gasteiger partial charge in [-0.25, -0.2) is 0 Å². The molecule has 1 aromatic carbocycles. The summed E-state index contributed by atoms with van der Waals surface area (Å²) >= 11 is 0. The summed E-state index contributed by atoms with van der Waals surface area (Å²) in [6.07, 6.45) is 5.09. The molecule has 2 aliphatic rings. The first-order chi connectivity index (χ1) is 10.2. The molecule has 4 heteroatoms. The molecule has 1 aromatic rings. The predicted molar refractivity (Wildman–Crippen MR) is 81.9 cm³/mol. The number of benzene rings is 1. The summed E-state index contributed by atoms with van der Waals surface area (Å²) in [6.45, 7) is 2.78. The van der Waals surface area contributed by atoms with Gasteiger partial charge >= 0.3 is 0 Å². The normalized spacial score (nSPS) is 21.4. The van der Waals surface area contributed by atoms with Gasteiger partial charge in [-0.3, -0.25) is 4.79 Å². The molecule has 0 spiro atoms. The number of phenols is 1. The van der Waals surface area contributed by atoms with Crippen molar-refractivity contribution in [1.29, 1.82) is 0 Å². The lowest BCUT2D eigenvalue weighted by Gasteiger charge is -2.23. The molecule has 1 aliphatic heterocycles. The molecule has 1 saturated carbocycles. The predicted octanol–water partition coefficient (Wildman–Crippen LogP) is 2.27. The van der Waals surface area contributed by atoms with E-state index in [9.17, 15) is 9.90 Å². The second-order valence-corrected chi connectivity index (χ2v) is 6.32. The van der Waals surface area contributed by atoms with Crippen molar-refractivity contribution in [2.75, 3.05) is 13.1 Å². The highest BCUT2D eigenvalue weighted by atomic mass is 16.3. The molecule has 1 aliphatic carbocycles. The summed E-state index contributed by atoms with van der Waals surface area (Å²) in [7, 11) is 0. The fourth-order valence-corrected chi connectivity index (χ4v) is 3.09. The first-order valence-electron chi connectivity index (χ1n) is 8.00. The molecule has 21 heavy (non-hydrogen) atoms. The average Bonchev–Trinajstić information content (AvgIpc) is 3.18. The standard InChI is InChI=1S/C17H24N2O2/c20-16-3-1-2-14(10-16)12-19(15-5-6-15)17(21)7-4-13-8-9-18-11-13/h1-3,10,13,15,18,20H,4-9,11-12H2. The molecule has 4 nitrogen and oxygen atoms in total. The quantitative estimate of drug-likeness (QED) is 0.844. The van der Waals surface area contributed by atoms with Crippen molar-refractivity contribution in [3.05, 3.63) is 29.8 Å². The van der Waals surface area contributed by atoms with Crippen LogP contribution in [0.2, 0.25) is 0 Å². The molecule has 2 N–H and O–H groups in total. The van der Waals surface area contributed by atoms with Crippen molar-refractivity contribution >= 4 is 5.91 Å². The maximum absolute atomic E-state index is 12.5. The number of nitrogens with one attached hydrogen (secondary N) is 1. The number of hydrogen-bond acceptors (Lipinski definition) is 3. The first kappa shape index (κ1) is 14.4. The van der Waals surface area contributed by atoms with Crippen LogP contribution in [0.1, 0.15) is 37.7 Å². The second kappa shape index (κ2) is 6.48. The SMILES string of the molecule is O=C(CCC1CCNC1)N(Cc1cccc(O)c1)C1CC1. The molecule has 2 fully saturated rings. The summed E-state index contributed by atoms with van der Waals surface area (Å²) in [5.41, 5.74) is 1.01. The van der Waals surface area contributed by atoms with Crippen LogP contribution in [-0.2, 0) is 11.3 Å². The number of hydrogen-bond donors (Lipinski definition) is 2. The lowest BCUT2D eigenvalue weighted by molar-refractivity contribution is -0.132. The van der Waals surface area contributed by atoms with Crippen molar-refractivity contribution in [1.82, 2.24) is 10.2 Å². The third kappa shape index (κ3) is 3.97. The Morgan fingerprint density at radius 2 is 2.19 bits per heavy atom. The van der Waals surface area contributed by atoms with E-state index in [0.717, 1.165) is 37.9 Å². The van der Waals surface area contributed by atoms with Gasteiger partial charge in [0.1, 0.15) is 5.75 Å². The molecule has 1 unspecified atom stereocenters. The molecule has 0 bridgehead atoms. The molecular formula is C17H24N2O2. The Hall–Kier alpha value is -1.55. The van der Waals surface area contributed by atoms with E-state index in [4.69, 9.17) is 0 Å². The van der Waals surface area contributed by atoms with Crippen molar-refractivity contribution in [2.45, 2.75) is 44.7 Å². The molecule has 114 valence electrons. The van der Waals surface area contributed by atoms with E-state index in [1.807, 2.05) is 17.0 Å². The second-order valence-electron chi connectivity index (χ2n) is 6.32. The van der Waals surface area contributed by atoms with E-state index in [1.165, 1.54) is 6.42 Å². The van der Waals surface area contributed by atoms with Crippen LogP contribution in [-0.4, -0.2) is 35.0 Å². The van der Waals surface area contributed by atoms with Gasteiger partial charge in [-0.05, 0) is 62.4 Å². The smallest absolute Gasteiger partial charge is 0.223 e. The molecule has 1 saturated heterocycles. The Morgan fingerprint density at radius 1 is 1.33 bits per heavy atom. The lowest BCUT2D eigenvalue weighted by atomic mass is 10.0. The van der Waals surface area contributed by atoms with E-state index in [-0.39, 0.29) is 11.7 Å². The lowest BCUT2D eigenvalue weighted by Crippen LogP contribution is -2.32. The largest absolute Gasteiger partial charge is 0.508 e. The zero-order chi connectivity index (χ0) is 14.7. The van der Waals surface area contributed by atoms with Gasteiger partial charge in [0.15, 0.2) is 0 Å². The topological polar surface area (TPSA) is 52.6 Å². The Bertz CT molecular complexity index is 493. The van der Waals surface area contributed by atoms with Crippen molar-refractivity contribution in [2.24, 2.45) is 5.92 Å².